The van der Waals surface area contributed by atoms with E-state index in [0.717, 1.165) is 0 Å². The van der Waals surface area contributed by atoms with E-state index in [1.54, 1.807) is 24.3 Å². The van der Waals surface area contributed by atoms with Crippen molar-refractivity contribution in [1.29, 1.82) is 0 Å². The van der Waals surface area contributed by atoms with Gasteiger partial charge in [0.05, 0.1) is 22.5 Å². The zero-order valence-corrected chi connectivity index (χ0v) is 14.1. The molecule has 3 aromatic rings. The summed E-state index contributed by atoms with van der Waals surface area (Å²) in [7, 11) is 0. The third-order valence-electron chi connectivity index (χ3n) is 3.47. The Balaban J connectivity index is 1.77. The van der Waals surface area contributed by atoms with Crippen LogP contribution in [0.3, 0.4) is 0 Å². The van der Waals surface area contributed by atoms with E-state index in [4.69, 9.17) is 11.6 Å². The number of imidazole rings is 1. The number of halogens is 3. The van der Waals surface area contributed by atoms with Crippen molar-refractivity contribution < 1.29 is 23.5 Å². The molecule has 0 radical (unpaired) electrons. The molecule has 138 valence electrons. The van der Waals surface area contributed by atoms with E-state index >= 15 is 0 Å². The Morgan fingerprint density at radius 2 is 1.85 bits per heavy atom. The van der Waals surface area contributed by atoms with E-state index in [-0.39, 0.29) is 16.6 Å². The fourth-order valence-electron chi connectivity index (χ4n) is 2.27. The molecule has 0 aliphatic rings. The van der Waals surface area contributed by atoms with Crippen LogP contribution in [0.25, 0.3) is 11.4 Å². The molecule has 10 heteroatoms. The maximum absolute atomic E-state index is 13.3. The third kappa shape index (κ3) is 4.04. The van der Waals surface area contributed by atoms with Crippen molar-refractivity contribution in [1.82, 2.24) is 15.3 Å². The number of hydrogen-bond acceptors (Lipinski definition) is 4. The average molecular weight is 393 g/mol. The van der Waals surface area contributed by atoms with Crippen molar-refractivity contribution in [2.75, 3.05) is 5.32 Å². The number of nitrogens with zero attached hydrogens (tertiary/aromatic N) is 1. The normalized spacial score (nSPS) is 10.5. The van der Waals surface area contributed by atoms with E-state index in [9.17, 15) is 23.5 Å². The summed E-state index contributed by atoms with van der Waals surface area (Å²) in [6, 6.07) is 6.80. The molecule has 3 rings (SSSR count). The summed E-state index contributed by atoms with van der Waals surface area (Å²) < 4.78 is 26.4. The monoisotopic (exact) mass is 392 g/mol. The second-order valence-electron chi connectivity index (χ2n) is 5.32. The predicted molar refractivity (Wildman–Crippen MR) is 93.5 cm³/mol. The van der Waals surface area contributed by atoms with Crippen LogP contribution in [0.5, 0.6) is 5.88 Å². The number of para-hydroxylation sites is 1. The second kappa shape index (κ2) is 7.42. The summed E-state index contributed by atoms with van der Waals surface area (Å²) in [5, 5.41) is 13.4. The number of rotatable bonds is 3. The summed E-state index contributed by atoms with van der Waals surface area (Å²) in [5.74, 6) is -3.36. The maximum atomic E-state index is 13.3. The number of anilines is 1. The Bertz CT molecular complexity index is 1040. The molecule has 0 aliphatic carbocycles. The Hall–Kier alpha value is -3.46. The molecule has 0 fully saturated rings. The highest BCUT2D eigenvalue weighted by atomic mass is 35.5. The summed E-state index contributed by atoms with van der Waals surface area (Å²) in [4.78, 5) is 30.8. The standard InChI is InChI=1S/C17H11ClF2N4O3/c18-10-6-12(20)11(19)5-9(10)16(26)24-17(27)22-13-4-2-1-3-8(13)15-21-7-14(25)23-15/h1-7,25H,(H,21,23)(H2,22,24,26,27). The molecule has 0 saturated carbocycles. The molecular weight excluding hydrogens is 382 g/mol. The number of urea groups is 1. The van der Waals surface area contributed by atoms with Crippen molar-refractivity contribution in [3.05, 3.63) is 64.8 Å². The van der Waals surface area contributed by atoms with E-state index in [1.807, 2.05) is 5.32 Å². The van der Waals surface area contributed by atoms with Crippen molar-refractivity contribution in [2.45, 2.75) is 0 Å². The zero-order valence-electron chi connectivity index (χ0n) is 13.4. The van der Waals surface area contributed by atoms with Crippen molar-refractivity contribution in [2.24, 2.45) is 0 Å². The van der Waals surface area contributed by atoms with Gasteiger partial charge in [-0.2, -0.15) is 0 Å². The van der Waals surface area contributed by atoms with Gasteiger partial charge < -0.3 is 15.4 Å². The molecule has 0 bridgehead atoms. The number of imide groups is 1. The highest BCUT2D eigenvalue weighted by molar-refractivity contribution is 6.34. The number of carbonyl (C=O) groups excluding carboxylic acids is 2. The Kier molecular flexibility index (Phi) is 5.04. The molecule has 0 aliphatic heterocycles. The summed E-state index contributed by atoms with van der Waals surface area (Å²) in [6.45, 7) is 0. The lowest BCUT2D eigenvalue weighted by Gasteiger charge is -2.11. The molecule has 0 spiro atoms. The van der Waals surface area contributed by atoms with Crippen molar-refractivity contribution in [3.63, 3.8) is 0 Å². The minimum Gasteiger partial charge on any atom is -0.493 e. The van der Waals surface area contributed by atoms with Gasteiger partial charge in [-0.3, -0.25) is 10.1 Å². The first-order valence-electron chi connectivity index (χ1n) is 7.45. The smallest absolute Gasteiger partial charge is 0.326 e. The molecule has 2 aromatic carbocycles. The van der Waals surface area contributed by atoms with Crippen molar-refractivity contribution in [3.8, 4) is 17.3 Å². The Morgan fingerprint density at radius 3 is 2.56 bits per heavy atom. The van der Waals surface area contributed by atoms with Crippen LogP contribution in [0, 0.1) is 11.6 Å². The highest BCUT2D eigenvalue weighted by Gasteiger charge is 2.18. The van der Waals surface area contributed by atoms with E-state index in [0.29, 0.717) is 23.5 Å². The summed E-state index contributed by atoms with van der Waals surface area (Å²) >= 11 is 5.71. The number of amides is 3. The highest BCUT2D eigenvalue weighted by Crippen LogP contribution is 2.26. The molecule has 3 amide bonds. The molecule has 1 heterocycles. The Morgan fingerprint density at radius 1 is 1.15 bits per heavy atom. The fraction of sp³-hybridized carbons (Fsp3) is 0. The zero-order chi connectivity index (χ0) is 19.6. The van der Waals surface area contributed by atoms with Gasteiger partial charge in [0.2, 0.25) is 5.88 Å². The number of aromatic hydroxyl groups is 1. The van der Waals surface area contributed by atoms with Crippen LogP contribution in [0.4, 0.5) is 19.3 Å². The topological polar surface area (TPSA) is 107 Å². The maximum Gasteiger partial charge on any atom is 0.326 e. The first-order valence-corrected chi connectivity index (χ1v) is 7.83. The molecule has 1 aromatic heterocycles. The average Bonchev–Trinajstić information content (AvgIpc) is 3.04. The SMILES string of the molecule is O=C(NC(=O)c1cc(F)c(F)cc1Cl)Nc1ccccc1-c1ncc(O)[nH]1. The molecule has 0 saturated heterocycles. The fourth-order valence-corrected chi connectivity index (χ4v) is 2.50. The molecule has 0 atom stereocenters. The molecule has 4 N–H and O–H groups in total. The van der Waals surface area contributed by atoms with Gasteiger partial charge in [0.25, 0.3) is 5.91 Å². The van der Waals surface area contributed by atoms with Gasteiger partial charge in [-0.05, 0) is 24.3 Å². The van der Waals surface area contributed by atoms with Gasteiger partial charge in [-0.1, -0.05) is 23.7 Å². The summed E-state index contributed by atoms with van der Waals surface area (Å²) in [5.41, 5.74) is 0.342. The number of nitrogens with one attached hydrogen (secondary N) is 3. The lowest BCUT2D eigenvalue weighted by molar-refractivity contribution is 0.0966. The lowest BCUT2D eigenvalue weighted by atomic mass is 10.1. The minimum atomic E-state index is -1.27. The molecule has 7 nitrogen and oxygen atoms in total. The molecular formula is C17H11ClF2N4O3. The number of aromatic nitrogens is 2. The van der Waals surface area contributed by atoms with Gasteiger partial charge in [-0.15, -0.1) is 0 Å². The number of H-pyrrole nitrogens is 1. The van der Waals surface area contributed by atoms with Gasteiger partial charge in [-0.25, -0.2) is 18.6 Å². The minimum absolute atomic E-state index is 0.160. The lowest BCUT2D eigenvalue weighted by Crippen LogP contribution is -2.34. The van der Waals surface area contributed by atoms with Gasteiger partial charge in [0.15, 0.2) is 11.6 Å². The first kappa shape index (κ1) is 18.3. The van der Waals surface area contributed by atoms with Crippen LogP contribution in [-0.4, -0.2) is 27.0 Å². The summed E-state index contributed by atoms with van der Waals surface area (Å²) in [6.07, 6.45) is 1.20. The van der Waals surface area contributed by atoms with Gasteiger partial charge >= 0.3 is 6.03 Å². The quantitative estimate of drug-likeness (QED) is 0.510. The van der Waals surface area contributed by atoms with Gasteiger partial charge in [0.1, 0.15) is 5.82 Å². The van der Waals surface area contributed by atoms with Gasteiger partial charge in [0, 0.05) is 5.56 Å². The molecule has 27 heavy (non-hydrogen) atoms. The second-order valence-corrected chi connectivity index (χ2v) is 5.72. The van der Waals surface area contributed by atoms with Crippen LogP contribution < -0.4 is 10.6 Å². The van der Waals surface area contributed by atoms with Crippen LogP contribution >= 0.6 is 11.6 Å². The van der Waals surface area contributed by atoms with E-state index in [2.05, 4.69) is 15.3 Å². The van der Waals surface area contributed by atoms with E-state index < -0.39 is 29.1 Å². The van der Waals surface area contributed by atoms with Crippen LogP contribution in [0.1, 0.15) is 10.4 Å². The van der Waals surface area contributed by atoms with E-state index in [1.165, 1.54) is 6.20 Å². The van der Waals surface area contributed by atoms with Crippen molar-refractivity contribution >= 4 is 29.2 Å². The third-order valence-corrected chi connectivity index (χ3v) is 3.79. The van der Waals surface area contributed by atoms with Crippen LogP contribution in [0.2, 0.25) is 5.02 Å². The predicted octanol–water partition coefficient (Wildman–Crippen LogP) is 3.68. The first-order chi connectivity index (χ1) is 12.8. The Labute approximate surface area is 156 Å². The largest absolute Gasteiger partial charge is 0.493 e. The number of aromatic amines is 1. The van der Waals surface area contributed by atoms with Crippen LogP contribution in [0.15, 0.2) is 42.6 Å². The molecule has 0 unspecified atom stereocenters. The number of carbonyl (C=O) groups is 2. The number of hydrogen-bond donors (Lipinski definition) is 4. The van der Waals surface area contributed by atoms with Crippen LogP contribution in [-0.2, 0) is 0 Å². The number of benzene rings is 2.